The molecular formula is C10H9ClN4O2S. The molecule has 0 saturated heterocycles. The molecule has 2 aromatic heterocycles. The van der Waals surface area contributed by atoms with Gasteiger partial charge in [0.2, 0.25) is 5.88 Å². The number of aromatic nitrogens is 3. The van der Waals surface area contributed by atoms with Gasteiger partial charge in [-0.3, -0.25) is 4.79 Å². The first kappa shape index (κ1) is 12.7. The fourth-order valence-corrected chi connectivity index (χ4v) is 2.20. The molecule has 6 nitrogen and oxygen atoms in total. The number of nitrogens with zero attached hydrogens (tertiary/aromatic N) is 2. The molecule has 3 N–H and O–H groups in total. The molecule has 0 amide bonds. The summed E-state index contributed by atoms with van der Waals surface area (Å²) in [7, 11) is 1.51. The average Bonchev–Trinajstić information content (AvgIpc) is 2.37. The number of aromatic amines is 1. The Kier molecular flexibility index (Phi) is 3.73. The number of pyridine rings is 1. The fourth-order valence-electron chi connectivity index (χ4n) is 1.17. The molecule has 0 aliphatic heterocycles. The van der Waals surface area contributed by atoms with Crippen molar-refractivity contribution in [3.05, 3.63) is 33.7 Å². The summed E-state index contributed by atoms with van der Waals surface area (Å²) in [6, 6.07) is 3.32. The maximum Gasteiger partial charge on any atom is 0.284 e. The summed E-state index contributed by atoms with van der Waals surface area (Å²) < 4.78 is 5.00. The zero-order valence-corrected chi connectivity index (χ0v) is 10.9. The Balaban J connectivity index is 2.39. The number of nitrogen functional groups attached to an aromatic ring is 1. The summed E-state index contributed by atoms with van der Waals surface area (Å²) >= 11 is 7.02. The van der Waals surface area contributed by atoms with Crippen molar-refractivity contribution >= 4 is 29.1 Å². The minimum atomic E-state index is -0.455. The van der Waals surface area contributed by atoms with Gasteiger partial charge in [-0.1, -0.05) is 23.4 Å². The summed E-state index contributed by atoms with van der Waals surface area (Å²) in [4.78, 5) is 16.0. The van der Waals surface area contributed by atoms with Crippen molar-refractivity contribution in [1.82, 2.24) is 15.2 Å². The summed E-state index contributed by atoms with van der Waals surface area (Å²) in [5, 5.41) is 6.46. The van der Waals surface area contributed by atoms with Crippen LogP contribution in [0, 0.1) is 0 Å². The SMILES string of the molecule is COc1ccc(N)c(Sc2cn[nH]c(=O)c2Cl)n1. The number of hydrogen-bond donors (Lipinski definition) is 2. The lowest BCUT2D eigenvalue weighted by molar-refractivity contribution is 0.395. The minimum absolute atomic E-state index is 0.0546. The van der Waals surface area contributed by atoms with E-state index in [1.807, 2.05) is 0 Å². The third-order valence-corrected chi connectivity index (χ3v) is 3.58. The topological polar surface area (TPSA) is 93.9 Å². The molecule has 0 aromatic carbocycles. The van der Waals surface area contributed by atoms with E-state index in [0.717, 1.165) is 11.8 Å². The second kappa shape index (κ2) is 5.28. The van der Waals surface area contributed by atoms with E-state index in [1.165, 1.54) is 13.3 Å². The van der Waals surface area contributed by atoms with Crippen molar-refractivity contribution in [3.8, 4) is 5.88 Å². The van der Waals surface area contributed by atoms with E-state index < -0.39 is 5.56 Å². The molecule has 0 bridgehead atoms. The molecule has 0 radical (unpaired) electrons. The number of H-pyrrole nitrogens is 1. The van der Waals surface area contributed by atoms with Gasteiger partial charge in [-0.15, -0.1) is 0 Å². The first-order valence-electron chi connectivity index (χ1n) is 4.83. The van der Waals surface area contributed by atoms with Crippen LogP contribution in [0.5, 0.6) is 5.88 Å². The Morgan fingerprint density at radius 2 is 2.28 bits per heavy atom. The van der Waals surface area contributed by atoms with Gasteiger partial charge >= 0.3 is 0 Å². The summed E-state index contributed by atoms with van der Waals surface area (Å²) in [6.45, 7) is 0. The Morgan fingerprint density at radius 1 is 1.50 bits per heavy atom. The van der Waals surface area contributed by atoms with Gasteiger partial charge in [0.05, 0.1) is 23.9 Å². The van der Waals surface area contributed by atoms with Gasteiger partial charge in [0, 0.05) is 6.07 Å². The number of nitrogens with two attached hydrogens (primary N) is 1. The highest BCUT2D eigenvalue weighted by Crippen LogP contribution is 2.33. The van der Waals surface area contributed by atoms with Crippen LogP contribution in [0.2, 0.25) is 5.02 Å². The highest BCUT2D eigenvalue weighted by atomic mass is 35.5. The van der Waals surface area contributed by atoms with Crippen molar-refractivity contribution in [1.29, 1.82) is 0 Å². The van der Waals surface area contributed by atoms with E-state index in [-0.39, 0.29) is 5.02 Å². The molecule has 0 atom stereocenters. The first-order chi connectivity index (χ1) is 8.61. The van der Waals surface area contributed by atoms with Crippen LogP contribution in [0.1, 0.15) is 0 Å². The highest BCUT2D eigenvalue weighted by molar-refractivity contribution is 7.99. The number of ether oxygens (including phenoxy) is 1. The van der Waals surface area contributed by atoms with Crippen LogP contribution < -0.4 is 16.0 Å². The highest BCUT2D eigenvalue weighted by Gasteiger charge is 2.11. The molecule has 0 fully saturated rings. The van der Waals surface area contributed by atoms with Gasteiger partial charge in [-0.05, 0) is 6.07 Å². The number of anilines is 1. The molecule has 94 valence electrons. The zero-order valence-electron chi connectivity index (χ0n) is 9.31. The van der Waals surface area contributed by atoms with Crippen molar-refractivity contribution in [2.45, 2.75) is 9.92 Å². The predicted octanol–water partition coefficient (Wildman–Crippen LogP) is 1.56. The van der Waals surface area contributed by atoms with Crippen LogP contribution in [0.25, 0.3) is 0 Å². The van der Waals surface area contributed by atoms with Gasteiger partial charge < -0.3 is 10.5 Å². The van der Waals surface area contributed by atoms with E-state index in [1.54, 1.807) is 12.1 Å². The molecular weight excluding hydrogens is 276 g/mol. The lowest BCUT2D eigenvalue weighted by Gasteiger charge is -2.06. The second-order valence-corrected chi connectivity index (χ2v) is 4.64. The molecule has 0 saturated carbocycles. The third-order valence-electron chi connectivity index (χ3n) is 2.04. The van der Waals surface area contributed by atoms with Gasteiger partial charge in [0.25, 0.3) is 5.56 Å². The Labute approximate surface area is 112 Å². The number of methoxy groups -OCH3 is 1. The maximum atomic E-state index is 11.3. The first-order valence-corrected chi connectivity index (χ1v) is 6.03. The van der Waals surface area contributed by atoms with Crippen molar-refractivity contribution < 1.29 is 4.74 Å². The standard InChI is InChI=1S/C10H9ClN4O2S/c1-17-7-3-2-5(12)10(14-7)18-6-4-13-15-9(16)8(6)11/h2-4H,12H2,1H3,(H,15,16). The van der Waals surface area contributed by atoms with Crippen LogP contribution in [0.4, 0.5) is 5.69 Å². The molecule has 0 spiro atoms. The fraction of sp³-hybridized carbons (Fsp3) is 0.100. The molecule has 2 aromatic rings. The number of hydrogen-bond acceptors (Lipinski definition) is 6. The van der Waals surface area contributed by atoms with Crippen molar-refractivity contribution in [2.75, 3.05) is 12.8 Å². The zero-order chi connectivity index (χ0) is 13.1. The third kappa shape index (κ3) is 2.57. The second-order valence-electron chi connectivity index (χ2n) is 3.23. The van der Waals surface area contributed by atoms with Gasteiger partial charge in [0.1, 0.15) is 10.0 Å². The number of nitrogens with one attached hydrogen (secondary N) is 1. The van der Waals surface area contributed by atoms with Crippen molar-refractivity contribution in [3.63, 3.8) is 0 Å². The molecule has 8 heteroatoms. The van der Waals surface area contributed by atoms with E-state index in [4.69, 9.17) is 22.1 Å². The Bertz CT molecular complexity index is 632. The van der Waals surface area contributed by atoms with E-state index >= 15 is 0 Å². The van der Waals surface area contributed by atoms with Gasteiger partial charge in [0.15, 0.2) is 0 Å². The van der Waals surface area contributed by atoms with Crippen LogP contribution in [0.15, 0.2) is 33.0 Å². The predicted molar refractivity (Wildman–Crippen MR) is 69.2 cm³/mol. The number of halogens is 1. The normalized spacial score (nSPS) is 10.3. The molecule has 0 aliphatic rings. The summed E-state index contributed by atoms with van der Waals surface area (Å²) in [5.41, 5.74) is 5.81. The number of rotatable bonds is 3. The quantitative estimate of drug-likeness (QED) is 0.888. The largest absolute Gasteiger partial charge is 0.481 e. The molecule has 0 unspecified atom stereocenters. The molecule has 2 heterocycles. The monoisotopic (exact) mass is 284 g/mol. The molecule has 0 aliphatic carbocycles. The van der Waals surface area contributed by atoms with E-state index in [2.05, 4.69) is 15.2 Å². The lowest BCUT2D eigenvalue weighted by Crippen LogP contribution is -2.08. The van der Waals surface area contributed by atoms with Crippen LogP contribution in [-0.2, 0) is 0 Å². The molecule has 2 rings (SSSR count). The minimum Gasteiger partial charge on any atom is -0.481 e. The van der Waals surface area contributed by atoms with Gasteiger partial charge in [-0.25, -0.2) is 10.1 Å². The van der Waals surface area contributed by atoms with Crippen LogP contribution in [-0.4, -0.2) is 22.3 Å². The lowest BCUT2D eigenvalue weighted by atomic mass is 10.4. The van der Waals surface area contributed by atoms with Crippen molar-refractivity contribution in [2.24, 2.45) is 0 Å². The molecule has 18 heavy (non-hydrogen) atoms. The maximum absolute atomic E-state index is 11.3. The van der Waals surface area contributed by atoms with Gasteiger partial charge in [-0.2, -0.15) is 5.10 Å². The average molecular weight is 285 g/mol. The summed E-state index contributed by atoms with van der Waals surface area (Å²) in [5.74, 6) is 0.431. The van der Waals surface area contributed by atoms with E-state index in [9.17, 15) is 4.79 Å². The summed E-state index contributed by atoms with van der Waals surface area (Å²) in [6.07, 6.45) is 1.44. The Morgan fingerprint density at radius 3 is 3.00 bits per heavy atom. The smallest absolute Gasteiger partial charge is 0.284 e. The van der Waals surface area contributed by atoms with E-state index in [0.29, 0.717) is 21.5 Å². The van der Waals surface area contributed by atoms with Crippen LogP contribution in [0.3, 0.4) is 0 Å². The Hall–Kier alpha value is -1.73. The van der Waals surface area contributed by atoms with Crippen LogP contribution >= 0.6 is 23.4 Å².